The fourth-order valence-corrected chi connectivity index (χ4v) is 6.76. The fourth-order valence-electron chi connectivity index (χ4n) is 5.49. The summed E-state index contributed by atoms with van der Waals surface area (Å²) in [7, 11) is 0. The van der Waals surface area contributed by atoms with Crippen LogP contribution in [0.1, 0.15) is 0 Å². The van der Waals surface area contributed by atoms with Crippen molar-refractivity contribution in [1.82, 2.24) is 15.0 Å². The first-order valence-electron chi connectivity index (χ1n) is 13.0. The SMILES string of the molecule is c1ccc(-c2nc(-c3cccc4ccccc34)nc(-c3cccc4ccc5c6ccccc6sc5c34)n2)cc1. The summed E-state index contributed by atoms with van der Waals surface area (Å²) in [6.07, 6.45) is 0. The van der Waals surface area contributed by atoms with Gasteiger partial charge in [-0.3, -0.25) is 0 Å². The van der Waals surface area contributed by atoms with Gasteiger partial charge < -0.3 is 0 Å². The highest BCUT2D eigenvalue weighted by molar-refractivity contribution is 7.26. The van der Waals surface area contributed by atoms with Gasteiger partial charge in [0.2, 0.25) is 0 Å². The summed E-state index contributed by atoms with van der Waals surface area (Å²) in [6.45, 7) is 0. The predicted octanol–water partition coefficient (Wildman–Crippen LogP) is 9.55. The molecular formula is C35H21N3S. The molecule has 8 rings (SSSR count). The van der Waals surface area contributed by atoms with Crippen LogP contribution in [0, 0.1) is 0 Å². The highest BCUT2D eigenvalue weighted by Gasteiger charge is 2.18. The van der Waals surface area contributed by atoms with Crippen LogP contribution < -0.4 is 0 Å². The summed E-state index contributed by atoms with van der Waals surface area (Å²) in [5.74, 6) is 2.03. The summed E-state index contributed by atoms with van der Waals surface area (Å²) in [5.41, 5.74) is 2.99. The van der Waals surface area contributed by atoms with E-state index in [9.17, 15) is 0 Å². The Morgan fingerprint density at radius 2 is 1.05 bits per heavy atom. The molecule has 3 nitrogen and oxygen atoms in total. The average Bonchev–Trinajstić information content (AvgIpc) is 3.40. The molecule has 2 heterocycles. The molecule has 6 aromatic carbocycles. The number of benzene rings is 6. The van der Waals surface area contributed by atoms with E-state index in [1.807, 2.05) is 29.5 Å². The van der Waals surface area contributed by atoms with E-state index in [1.54, 1.807) is 0 Å². The van der Waals surface area contributed by atoms with Crippen molar-refractivity contribution in [3.63, 3.8) is 0 Å². The van der Waals surface area contributed by atoms with Crippen LogP contribution >= 0.6 is 11.3 Å². The van der Waals surface area contributed by atoms with Crippen molar-refractivity contribution in [2.45, 2.75) is 0 Å². The van der Waals surface area contributed by atoms with Gasteiger partial charge in [-0.05, 0) is 22.2 Å². The smallest absolute Gasteiger partial charge is 0.164 e. The van der Waals surface area contributed by atoms with Gasteiger partial charge in [-0.1, -0.05) is 121 Å². The van der Waals surface area contributed by atoms with Gasteiger partial charge in [0.15, 0.2) is 17.5 Å². The Labute approximate surface area is 229 Å². The molecule has 0 aliphatic rings. The first kappa shape index (κ1) is 22.1. The second-order valence-corrected chi connectivity index (χ2v) is 10.7. The molecule has 0 unspecified atom stereocenters. The van der Waals surface area contributed by atoms with Crippen LogP contribution in [0.4, 0.5) is 0 Å². The van der Waals surface area contributed by atoms with E-state index < -0.39 is 0 Å². The Morgan fingerprint density at radius 3 is 1.92 bits per heavy atom. The number of hydrogen-bond acceptors (Lipinski definition) is 4. The third-order valence-electron chi connectivity index (χ3n) is 7.33. The number of nitrogens with zero attached hydrogens (tertiary/aromatic N) is 3. The second kappa shape index (κ2) is 8.83. The number of fused-ring (bicyclic) bond motifs is 6. The van der Waals surface area contributed by atoms with Gasteiger partial charge in [0.25, 0.3) is 0 Å². The quantitative estimate of drug-likeness (QED) is 0.235. The molecule has 0 aliphatic heterocycles. The molecule has 0 spiro atoms. The standard InChI is InChI=1S/C35H21N3S/c1-2-11-24(12-3-1)33-36-34(28-17-8-13-22-10-4-5-15-25(22)28)38-35(37-33)29-18-9-14-23-20-21-27-26-16-6-7-19-30(26)39-32(27)31(23)29/h1-21H. The van der Waals surface area contributed by atoms with Crippen LogP contribution in [0.15, 0.2) is 127 Å². The number of rotatable bonds is 3. The van der Waals surface area contributed by atoms with Gasteiger partial charge in [0.05, 0.1) is 0 Å². The third kappa shape index (κ3) is 3.61. The molecule has 0 N–H and O–H groups in total. The maximum Gasteiger partial charge on any atom is 0.164 e. The molecule has 39 heavy (non-hydrogen) atoms. The average molecular weight is 516 g/mol. The molecule has 8 aromatic rings. The minimum Gasteiger partial charge on any atom is -0.208 e. The van der Waals surface area contributed by atoms with E-state index in [-0.39, 0.29) is 0 Å². The van der Waals surface area contributed by atoms with Crippen molar-refractivity contribution in [2.24, 2.45) is 0 Å². The highest BCUT2D eigenvalue weighted by Crippen LogP contribution is 2.42. The number of aromatic nitrogens is 3. The van der Waals surface area contributed by atoms with Gasteiger partial charge >= 0.3 is 0 Å². The van der Waals surface area contributed by atoms with Crippen LogP contribution in [-0.4, -0.2) is 15.0 Å². The monoisotopic (exact) mass is 515 g/mol. The molecule has 0 bridgehead atoms. The fraction of sp³-hybridized carbons (Fsp3) is 0. The van der Waals surface area contributed by atoms with Crippen molar-refractivity contribution in [1.29, 1.82) is 0 Å². The Kier molecular flexibility index (Phi) is 5.00. The number of hydrogen-bond donors (Lipinski definition) is 0. The maximum absolute atomic E-state index is 5.14. The lowest BCUT2D eigenvalue weighted by Gasteiger charge is -2.12. The molecule has 2 aromatic heterocycles. The lowest BCUT2D eigenvalue weighted by Crippen LogP contribution is -2.01. The molecular weight excluding hydrogens is 494 g/mol. The summed E-state index contributed by atoms with van der Waals surface area (Å²) >= 11 is 1.83. The van der Waals surface area contributed by atoms with E-state index in [1.165, 1.54) is 30.9 Å². The van der Waals surface area contributed by atoms with Gasteiger partial charge in [0, 0.05) is 42.2 Å². The summed E-state index contributed by atoms with van der Waals surface area (Å²) in [5, 5.41) is 7.20. The van der Waals surface area contributed by atoms with Crippen LogP contribution in [0.2, 0.25) is 0 Å². The minimum atomic E-state index is 0.670. The Morgan fingerprint density at radius 1 is 0.410 bits per heavy atom. The normalized spacial score (nSPS) is 11.6. The van der Waals surface area contributed by atoms with Crippen molar-refractivity contribution in [2.75, 3.05) is 0 Å². The van der Waals surface area contributed by atoms with Crippen LogP contribution in [0.3, 0.4) is 0 Å². The zero-order valence-electron chi connectivity index (χ0n) is 20.9. The van der Waals surface area contributed by atoms with Gasteiger partial charge in [-0.15, -0.1) is 11.3 Å². The zero-order valence-corrected chi connectivity index (χ0v) is 21.7. The Balaban J connectivity index is 1.46. The number of thiophene rings is 1. The summed E-state index contributed by atoms with van der Waals surface area (Å²) in [6, 6.07) is 44.3. The lowest BCUT2D eigenvalue weighted by molar-refractivity contribution is 1.08. The highest BCUT2D eigenvalue weighted by atomic mass is 32.1. The Bertz CT molecular complexity index is 2180. The lowest BCUT2D eigenvalue weighted by atomic mass is 10.0. The maximum atomic E-state index is 5.14. The minimum absolute atomic E-state index is 0.670. The summed E-state index contributed by atoms with van der Waals surface area (Å²) in [4.78, 5) is 15.2. The third-order valence-corrected chi connectivity index (χ3v) is 8.53. The van der Waals surface area contributed by atoms with E-state index in [0.717, 1.165) is 27.5 Å². The summed E-state index contributed by atoms with van der Waals surface area (Å²) < 4.78 is 2.55. The molecule has 0 amide bonds. The van der Waals surface area contributed by atoms with Gasteiger partial charge in [-0.2, -0.15) is 0 Å². The van der Waals surface area contributed by atoms with E-state index in [0.29, 0.717) is 17.5 Å². The zero-order chi connectivity index (χ0) is 25.8. The predicted molar refractivity (Wildman–Crippen MR) is 164 cm³/mol. The molecule has 182 valence electrons. The van der Waals surface area contributed by atoms with Crippen LogP contribution in [-0.2, 0) is 0 Å². The van der Waals surface area contributed by atoms with Crippen molar-refractivity contribution < 1.29 is 0 Å². The first-order valence-corrected chi connectivity index (χ1v) is 13.8. The molecule has 0 aliphatic carbocycles. The molecule has 0 saturated carbocycles. The second-order valence-electron chi connectivity index (χ2n) is 9.64. The molecule has 0 radical (unpaired) electrons. The molecule has 0 saturated heterocycles. The largest absolute Gasteiger partial charge is 0.208 e. The van der Waals surface area contributed by atoms with E-state index >= 15 is 0 Å². The molecule has 0 fully saturated rings. The van der Waals surface area contributed by atoms with Crippen molar-refractivity contribution in [3.8, 4) is 34.2 Å². The Hall–Kier alpha value is -4.93. The van der Waals surface area contributed by atoms with E-state index in [2.05, 4.69) is 109 Å². The van der Waals surface area contributed by atoms with Crippen LogP contribution in [0.25, 0.3) is 75.9 Å². The van der Waals surface area contributed by atoms with Gasteiger partial charge in [0.1, 0.15) is 0 Å². The van der Waals surface area contributed by atoms with Gasteiger partial charge in [-0.25, -0.2) is 15.0 Å². The van der Waals surface area contributed by atoms with Crippen molar-refractivity contribution in [3.05, 3.63) is 127 Å². The van der Waals surface area contributed by atoms with Crippen LogP contribution in [0.5, 0.6) is 0 Å². The molecule has 4 heteroatoms. The van der Waals surface area contributed by atoms with Crippen molar-refractivity contribution >= 4 is 53.1 Å². The van der Waals surface area contributed by atoms with E-state index in [4.69, 9.17) is 15.0 Å². The molecule has 0 atom stereocenters. The first-order chi connectivity index (χ1) is 19.3. The topological polar surface area (TPSA) is 38.7 Å².